The van der Waals surface area contributed by atoms with Crippen LogP contribution in [-0.4, -0.2) is 54.7 Å². The van der Waals surface area contributed by atoms with Gasteiger partial charge in [-0.15, -0.1) is 0 Å². The number of amides is 1. The fraction of sp³-hybridized carbons (Fsp3) is 0.167. The molecule has 0 atom stereocenters. The van der Waals surface area contributed by atoms with Crippen molar-refractivity contribution in [3.8, 4) is 11.5 Å². The van der Waals surface area contributed by atoms with Crippen molar-refractivity contribution in [3.05, 3.63) is 84.1 Å². The first-order chi connectivity index (χ1) is 16.3. The highest BCUT2D eigenvalue weighted by atomic mass is 32.2. The molecular formula is C24H19F2N3O4S. The summed E-state index contributed by atoms with van der Waals surface area (Å²) in [5.74, 6) is -2.07. The number of nitrogens with zero attached hydrogens (tertiary/aromatic N) is 3. The predicted octanol–water partition coefficient (Wildman–Crippen LogP) is 3.92. The van der Waals surface area contributed by atoms with E-state index in [4.69, 9.17) is 4.42 Å². The number of sulfonamides is 1. The summed E-state index contributed by atoms with van der Waals surface area (Å²) >= 11 is 0. The molecule has 0 radical (unpaired) electrons. The highest BCUT2D eigenvalue weighted by Crippen LogP contribution is 2.27. The van der Waals surface area contributed by atoms with E-state index >= 15 is 0 Å². The second-order valence-corrected chi connectivity index (χ2v) is 9.76. The van der Waals surface area contributed by atoms with Crippen molar-refractivity contribution in [1.82, 2.24) is 14.2 Å². The van der Waals surface area contributed by atoms with Gasteiger partial charge in [-0.2, -0.15) is 4.31 Å². The van der Waals surface area contributed by atoms with Crippen LogP contribution in [0.25, 0.3) is 22.4 Å². The fourth-order valence-corrected chi connectivity index (χ4v) is 5.43. The molecule has 0 N–H and O–H groups in total. The smallest absolute Gasteiger partial charge is 0.254 e. The minimum atomic E-state index is -4.02. The molecule has 1 aliphatic rings. The van der Waals surface area contributed by atoms with E-state index in [-0.39, 0.29) is 37.0 Å². The van der Waals surface area contributed by atoms with Gasteiger partial charge < -0.3 is 9.32 Å². The van der Waals surface area contributed by atoms with Gasteiger partial charge in [-0.05, 0) is 42.5 Å². The van der Waals surface area contributed by atoms with Crippen LogP contribution in [0.1, 0.15) is 10.4 Å². The Labute approximate surface area is 194 Å². The standard InChI is InChI=1S/C24H19F2N3O4S/c25-19-8-7-16(14-20(19)26)34(31,32)29-11-9-28(10-12-29)24(30)18-15-22(23-6-3-13-33-23)27-21-5-2-1-4-17(18)21/h1-8,13-15H,9-12H2. The monoisotopic (exact) mass is 483 g/mol. The van der Waals surface area contributed by atoms with E-state index in [1.807, 2.05) is 24.3 Å². The first kappa shape index (κ1) is 22.2. The molecular weight excluding hydrogens is 464 g/mol. The van der Waals surface area contributed by atoms with E-state index in [0.29, 0.717) is 34.0 Å². The van der Waals surface area contributed by atoms with Gasteiger partial charge in [0.1, 0.15) is 5.69 Å². The molecule has 34 heavy (non-hydrogen) atoms. The quantitative estimate of drug-likeness (QED) is 0.439. The zero-order valence-corrected chi connectivity index (χ0v) is 18.6. The van der Waals surface area contributed by atoms with Crippen LogP contribution in [-0.2, 0) is 10.0 Å². The molecule has 0 unspecified atom stereocenters. The number of fused-ring (bicyclic) bond motifs is 1. The van der Waals surface area contributed by atoms with Crippen LogP contribution < -0.4 is 0 Å². The van der Waals surface area contributed by atoms with E-state index in [0.717, 1.165) is 12.1 Å². The Morgan fingerprint density at radius 2 is 1.68 bits per heavy atom. The van der Waals surface area contributed by atoms with Gasteiger partial charge in [0.25, 0.3) is 5.91 Å². The summed E-state index contributed by atoms with van der Waals surface area (Å²) in [6.07, 6.45) is 1.53. The molecule has 1 aliphatic heterocycles. The van der Waals surface area contributed by atoms with E-state index in [2.05, 4.69) is 4.98 Å². The topological polar surface area (TPSA) is 83.7 Å². The van der Waals surface area contributed by atoms with Gasteiger partial charge in [0, 0.05) is 31.6 Å². The van der Waals surface area contributed by atoms with Crippen LogP contribution in [0.15, 0.2) is 76.2 Å². The molecule has 0 bridgehead atoms. The number of furan rings is 1. The largest absolute Gasteiger partial charge is 0.463 e. The predicted molar refractivity (Wildman–Crippen MR) is 120 cm³/mol. The van der Waals surface area contributed by atoms with Crippen LogP contribution >= 0.6 is 0 Å². The molecule has 1 fully saturated rings. The molecule has 1 saturated heterocycles. The molecule has 2 aromatic heterocycles. The Hall–Kier alpha value is -3.63. The molecule has 2 aromatic carbocycles. The lowest BCUT2D eigenvalue weighted by Crippen LogP contribution is -2.50. The highest BCUT2D eigenvalue weighted by Gasteiger charge is 2.31. The number of pyridine rings is 1. The average molecular weight is 483 g/mol. The molecule has 0 saturated carbocycles. The normalized spacial score (nSPS) is 15.1. The van der Waals surface area contributed by atoms with Gasteiger partial charge in [0.2, 0.25) is 10.0 Å². The summed E-state index contributed by atoms with van der Waals surface area (Å²) in [6, 6.07) is 14.9. The third kappa shape index (κ3) is 3.95. The maximum atomic E-state index is 13.6. The van der Waals surface area contributed by atoms with E-state index in [1.165, 1.54) is 10.6 Å². The van der Waals surface area contributed by atoms with Gasteiger partial charge in [0.05, 0.1) is 22.2 Å². The van der Waals surface area contributed by atoms with Crippen molar-refractivity contribution in [1.29, 1.82) is 0 Å². The van der Waals surface area contributed by atoms with Crippen LogP contribution in [0.4, 0.5) is 8.78 Å². The van der Waals surface area contributed by atoms with Crippen LogP contribution in [0.5, 0.6) is 0 Å². The number of benzene rings is 2. The second kappa shape index (κ2) is 8.62. The number of carbonyl (C=O) groups excluding carboxylic acids is 1. The van der Waals surface area contributed by atoms with Crippen molar-refractivity contribution in [2.24, 2.45) is 0 Å². The summed E-state index contributed by atoms with van der Waals surface area (Å²) in [4.78, 5) is 19.3. The summed E-state index contributed by atoms with van der Waals surface area (Å²) in [5, 5.41) is 0.680. The zero-order valence-electron chi connectivity index (χ0n) is 17.8. The molecule has 1 amide bonds. The SMILES string of the molecule is O=C(c1cc(-c2ccco2)nc2ccccc12)N1CCN(S(=O)(=O)c2ccc(F)c(F)c2)CC1. The minimum absolute atomic E-state index is 0.0289. The average Bonchev–Trinajstić information content (AvgIpc) is 3.40. The van der Waals surface area contributed by atoms with Crippen molar-refractivity contribution in [2.75, 3.05) is 26.2 Å². The second-order valence-electron chi connectivity index (χ2n) is 7.82. The summed E-state index contributed by atoms with van der Waals surface area (Å²) < 4.78 is 59.1. The third-order valence-electron chi connectivity index (χ3n) is 5.77. The third-order valence-corrected chi connectivity index (χ3v) is 7.67. The fourth-order valence-electron chi connectivity index (χ4n) is 3.99. The van der Waals surface area contributed by atoms with Gasteiger partial charge in [-0.3, -0.25) is 4.79 Å². The minimum Gasteiger partial charge on any atom is -0.463 e. The Bertz CT molecular complexity index is 1480. The Morgan fingerprint density at radius 1 is 0.912 bits per heavy atom. The molecule has 7 nitrogen and oxygen atoms in total. The Morgan fingerprint density at radius 3 is 2.38 bits per heavy atom. The number of rotatable bonds is 4. The molecule has 0 aliphatic carbocycles. The lowest BCUT2D eigenvalue weighted by molar-refractivity contribution is 0.0700. The van der Waals surface area contributed by atoms with E-state index < -0.39 is 21.7 Å². The molecule has 0 spiro atoms. The van der Waals surface area contributed by atoms with Crippen molar-refractivity contribution >= 4 is 26.8 Å². The number of halogens is 2. The van der Waals surface area contributed by atoms with Gasteiger partial charge >= 0.3 is 0 Å². The summed E-state index contributed by atoms with van der Waals surface area (Å²) in [5.41, 5.74) is 1.60. The number of aromatic nitrogens is 1. The molecule has 174 valence electrons. The van der Waals surface area contributed by atoms with Crippen molar-refractivity contribution < 1.29 is 26.4 Å². The maximum Gasteiger partial charge on any atom is 0.254 e. The Kier molecular flexibility index (Phi) is 5.62. The van der Waals surface area contributed by atoms with Gasteiger partial charge in [-0.1, -0.05) is 18.2 Å². The molecule has 4 aromatic rings. The maximum absolute atomic E-state index is 13.6. The van der Waals surface area contributed by atoms with Crippen LogP contribution in [0.3, 0.4) is 0 Å². The summed E-state index contributed by atoms with van der Waals surface area (Å²) in [6.45, 7) is 0.352. The molecule has 3 heterocycles. The molecule has 10 heteroatoms. The van der Waals surface area contributed by atoms with Crippen molar-refractivity contribution in [3.63, 3.8) is 0 Å². The summed E-state index contributed by atoms with van der Waals surface area (Å²) in [7, 11) is -4.02. The lowest BCUT2D eigenvalue weighted by atomic mass is 10.1. The van der Waals surface area contributed by atoms with Gasteiger partial charge in [0.15, 0.2) is 17.4 Å². The highest BCUT2D eigenvalue weighted by molar-refractivity contribution is 7.89. The van der Waals surface area contributed by atoms with Crippen molar-refractivity contribution in [2.45, 2.75) is 4.90 Å². The first-order valence-corrected chi connectivity index (χ1v) is 12.0. The molecule has 5 rings (SSSR count). The Balaban J connectivity index is 1.40. The number of carbonyl (C=O) groups is 1. The number of hydrogen-bond donors (Lipinski definition) is 0. The van der Waals surface area contributed by atoms with E-state index in [9.17, 15) is 22.0 Å². The number of piperazine rings is 1. The first-order valence-electron chi connectivity index (χ1n) is 10.5. The lowest BCUT2D eigenvalue weighted by Gasteiger charge is -2.34. The van der Waals surface area contributed by atoms with E-state index in [1.54, 1.807) is 23.1 Å². The number of hydrogen-bond acceptors (Lipinski definition) is 5. The number of para-hydroxylation sites is 1. The zero-order chi connectivity index (χ0) is 23.9. The van der Waals surface area contributed by atoms with Gasteiger partial charge in [-0.25, -0.2) is 22.2 Å². The van der Waals surface area contributed by atoms with Crippen LogP contribution in [0.2, 0.25) is 0 Å². The van der Waals surface area contributed by atoms with Crippen LogP contribution in [0, 0.1) is 11.6 Å².